The minimum atomic E-state index is -3.85. The average Bonchev–Trinajstić information content (AvgIpc) is 2.46. The van der Waals surface area contributed by atoms with Crippen LogP contribution in [0.5, 0.6) is 5.75 Å². The Morgan fingerprint density at radius 3 is 2.81 bits per heavy atom. The first-order valence-electron chi connectivity index (χ1n) is 6.65. The summed E-state index contributed by atoms with van der Waals surface area (Å²) in [6.07, 6.45) is 0.399. The Labute approximate surface area is 124 Å². The third-order valence-corrected chi connectivity index (χ3v) is 5.37. The van der Waals surface area contributed by atoms with Crippen molar-refractivity contribution in [2.24, 2.45) is 0 Å². The van der Waals surface area contributed by atoms with Crippen molar-refractivity contribution >= 4 is 21.6 Å². The first-order valence-corrected chi connectivity index (χ1v) is 8.09. The van der Waals surface area contributed by atoms with Crippen molar-refractivity contribution in [2.75, 3.05) is 25.9 Å². The third kappa shape index (κ3) is 2.81. The molecule has 1 unspecified atom stereocenters. The first kappa shape index (κ1) is 15.6. The second-order valence-corrected chi connectivity index (χ2v) is 6.60. The predicted octanol–water partition coefficient (Wildman–Crippen LogP) is 0.177. The molecule has 0 aliphatic carbocycles. The maximum atomic E-state index is 12.8. The van der Waals surface area contributed by atoms with Gasteiger partial charge in [-0.15, -0.1) is 0 Å². The molecule has 116 valence electrons. The lowest BCUT2D eigenvalue weighted by atomic mass is 10.2. The van der Waals surface area contributed by atoms with E-state index in [2.05, 4.69) is 5.32 Å². The highest BCUT2D eigenvalue weighted by Gasteiger charge is 2.38. The van der Waals surface area contributed by atoms with Gasteiger partial charge in [0.2, 0.25) is 15.9 Å². The standard InChI is InChI=1S/C13H19N3O4S/c1-3-10-13(17)15-6-7-16(10)21(18,19)12-8-9(14)4-5-11(12)20-2/h4-5,8,10H,3,6-7,14H2,1-2H3,(H,15,17). The molecule has 0 aromatic heterocycles. The summed E-state index contributed by atoms with van der Waals surface area (Å²) < 4.78 is 32.0. The van der Waals surface area contributed by atoms with Crippen molar-refractivity contribution in [3.8, 4) is 5.75 Å². The number of nitrogens with one attached hydrogen (secondary N) is 1. The summed E-state index contributed by atoms with van der Waals surface area (Å²) in [5.74, 6) is -0.0692. The van der Waals surface area contributed by atoms with Gasteiger partial charge in [-0.1, -0.05) is 6.92 Å². The number of ether oxygens (including phenoxy) is 1. The number of benzene rings is 1. The van der Waals surface area contributed by atoms with E-state index >= 15 is 0 Å². The fourth-order valence-electron chi connectivity index (χ4n) is 2.39. The van der Waals surface area contributed by atoms with Crippen LogP contribution in [0.1, 0.15) is 13.3 Å². The van der Waals surface area contributed by atoms with E-state index < -0.39 is 16.1 Å². The Hall–Kier alpha value is -1.80. The second kappa shape index (κ2) is 5.90. The molecule has 1 aromatic carbocycles. The number of hydrogen-bond acceptors (Lipinski definition) is 5. The fraction of sp³-hybridized carbons (Fsp3) is 0.462. The molecule has 7 nitrogen and oxygen atoms in total. The van der Waals surface area contributed by atoms with Gasteiger partial charge in [0.1, 0.15) is 16.7 Å². The van der Waals surface area contributed by atoms with Crippen LogP contribution in [0.15, 0.2) is 23.1 Å². The molecule has 1 aliphatic rings. The van der Waals surface area contributed by atoms with E-state index in [-0.39, 0.29) is 23.1 Å². The number of piperazine rings is 1. The lowest BCUT2D eigenvalue weighted by molar-refractivity contribution is -0.126. The summed E-state index contributed by atoms with van der Waals surface area (Å²) in [6, 6.07) is 3.72. The molecule has 0 spiro atoms. The van der Waals surface area contributed by atoms with Crippen LogP contribution in [0.2, 0.25) is 0 Å². The van der Waals surface area contributed by atoms with Crippen LogP contribution in [0.4, 0.5) is 5.69 Å². The zero-order chi connectivity index (χ0) is 15.6. The van der Waals surface area contributed by atoms with Crippen LogP contribution in [0.25, 0.3) is 0 Å². The first-order chi connectivity index (χ1) is 9.91. The van der Waals surface area contributed by atoms with Gasteiger partial charge in [-0.25, -0.2) is 8.42 Å². The normalized spacial score (nSPS) is 20.1. The van der Waals surface area contributed by atoms with E-state index in [1.54, 1.807) is 13.0 Å². The van der Waals surface area contributed by atoms with Crippen LogP contribution in [0, 0.1) is 0 Å². The SMILES string of the molecule is CCC1C(=O)NCCN1S(=O)(=O)c1cc(N)ccc1OC. The number of nitrogens with two attached hydrogens (primary N) is 1. The molecule has 1 amide bonds. The van der Waals surface area contributed by atoms with E-state index in [1.165, 1.54) is 23.5 Å². The number of nitrogens with zero attached hydrogens (tertiary/aromatic N) is 1. The molecule has 0 saturated carbocycles. The molecular weight excluding hydrogens is 294 g/mol. The van der Waals surface area contributed by atoms with Gasteiger partial charge in [0, 0.05) is 18.8 Å². The Morgan fingerprint density at radius 2 is 2.19 bits per heavy atom. The molecule has 3 N–H and O–H groups in total. The van der Waals surface area contributed by atoms with Crippen molar-refractivity contribution in [1.82, 2.24) is 9.62 Å². The molecule has 21 heavy (non-hydrogen) atoms. The predicted molar refractivity (Wildman–Crippen MR) is 78.4 cm³/mol. The molecule has 1 atom stereocenters. The van der Waals surface area contributed by atoms with Gasteiger partial charge < -0.3 is 15.8 Å². The number of sulfonamides is 1. The fourth-order valence-corrected chi connectivity index (χ4v) is 4.25. The van der Waals surface area contributed by atoms with E-state index in [4.69, 9.17) is 10.5 Å². The summed E-state index contributed by atoms with van der Waals surface area (Å²) >= 11 is 0. The molecule has 0 bridgehead atoms. The average molecular weight is 313 g/mol. The lowest BCUT2D eigenvalue weighted by Gasteiger charge is -2.33. The minimum absolute atomic E-state index is 0.0156. The summed E-state index contributed by atoms with van der Waals surface area (Å²) in [6.45, 7) is 2.29. The van der Waals surface area contributed by atoms with Crippen molar-refractivity contribution < 1.29 is 17.9 Å². The van der Waals surface area contributed by atoms with Crippen LogP contribution < -0.4 is 15.8 Å². The van der Waals surface area contributed by atoms with Crippen LogP contribution in [-0.2, 0) is 14.8 Å². The lowest BCUT2D eigenvalue weighted by Crippen LogP contribution is -2.56. The largest absolute Gasteiger partial charge is 0.495 e. The maximum Gasteiger partial charge on any atom is 0.247 e. The molecule has 1 aromatic rings. The molecule has 2 rings (SSSR count). The van der Waals surface area contributed by atoms with Gasteiger partial charge in [0.25, 0.3) is 0 Å². The molecule has 1 heterocycles. The van der Waals surface area contributed by atoms with E-state index in [0.29, 0.717) is 18.7 Å². The smallest absolute Gasteiger partial charge is 0.247 e. The van der Waals surface area contributed by atoms with Crippen molar-refractivity contribution in [1.29, 1.82) is 0 Å². The summed E-state index contributed by atoms with van der Waals surface area (Å²) in [7, 11) is -2.46. The Bertz CT molecular complexity index is 645. The number of hydrogen-bond donors (Lipinski definition) is 2. The highest BCUT2D eigenvalue weighted by molar-refractivity contribution is 7.89. The Kier molecular flexibility index (Phi) is 4.38. The number of anilines is 1. The molecule has 0 radical (unpaired) electrons. The Morgan fingerprint density at radius 1 is 1.48 bits per heavy atom. The molecule has 1 fully saturated rings. The molecule has 1 aliphatic heterocycles. The molecule has 1 saturated heterocycles. The number of nitrogen functional groups attached to an aromatic ring is 1. The van der Waals surface area contributed by atoms with Crippen molar-refractivity contribution in [3.63, 3.8) is 0 Å². The highest BCUT2D eigenvalue weighted by atomic mass is 32.2. The van der Waals surface area contributed by atoms with Crippen LogP contribution >= 0.6 is 0 Å². The van der Waals surface area contributed by atoms with Crippen LogP contribution in [-0.4, -0.2) is 44.9 Å². The summed E-state index contributed by atoms with van der Waals surface area (Å²) in [5, 5.41) is 2.68. The number of carbonyl (C=O) groups is 1. The van der Waals surface area contributed by atoms with Crippen molar-refractivity contribution in [2.45, 2.75) is 24.3 Å². The number of carbonyl (C=O) groups excluding carboxylic acids is 1. The third-order valence-electron chi connectivity index (χ3n) is 3.44. The molecular formula is C13H19N3O4S. The van der Waals surface area contributed by atoms with Gasteiger partial charge in [0.15, 0.2) is 0 Å². The quantitative estimate of drug-likeness (QED) is 0.772. The van der Waals surface area contributed by atoms with Crippen LogP contribution in [0.3, 0.4) is 0 Å². The minimum Gasteiger partial charge on any atom is -0.495 e. The number of rotatable bonds is 4. The second-order valence-electron chi connectivity index (χ2n) is 4.74. The maximum absolute atomic E-state index is 12.8. The zero-order valence-corrected chi connectivity index (χ0v) is 12.8. The van der Waals surface area contributed by atoms with E-state index in [1.807, 2.05) is 0 Å². The number of amides is 1. The van der Waals surface area contributed by atoms with Gasteiger partial charge in [0.05, 0.1) is 7.11 Å². The van der Waals surface area contributed by atoms with Crippen molar-refractivity contribution in [3.05, 3.63) is 18.2 Å². The number of methoxy groups -OCH3 is 1. The topological polar surface area (TPSA) is 102 Å². The summed E-state index contributed by atoms with van der Waals surface area (Å²) in [4.78, 5) is 11.8. The summed E-state index contributed by atoms with van der Waals surface area (Å²) in [5.41, 5.74) is 6.01. The highest BCUT2D eigenvalue weighted by Crippen LogP contribution is 2.30. The van der Waals surface area contributed by atoms with Gasteiger partial charge in [-0.05, 0) is 24.6 Å². The molecule has 8 heteroatoms. The van der Waals surface area contributed by atoms with Gasteiger partial charge >= 0.3 is 0 Å². The van der Waals surface area contributed by atoms with E-state index in [9.17, 15) is 13.2 Å². The monoisotopic (exact) mass is 313 g/mol. The van der Waals surface area contributed by atoms with Gasteiger partial charge in [-0.2, -0.15) is 4.31 Å². The van der Waals surface area contributed by atoms with E-state index in [0.717, 1.165) is 0 Å². The zero-order valence-electron chi connectivity index (χ0n) is 12.0. The Balaban J connectivity index is 2.50. The van der Waals surface area contributed by atoms with Gasteiger partial charge in [-0.3, -0.25) is 4.79 Å².